The fourth-order valence-corrected chi connectivity index (χ4v) is 6.27. The number of fused-ring (bicyclic) bond motifs is 1. The maximum Gasteiger partial charge on any atom is 0.294 e. The molecule has 0 unspecified atom stereocenters. The Bertz CT molecular complexity index is 1490. The van der Waals surface area contributed by atoms with Crippen LogP contribution in [0.1, 0.15) is 22.3 Å². The Morgan fingerprint density at radius 1 is 1.10 bits per heavy atom. The largest absolute Gasteiger partial charge is 0.493 e. The molecule has 1 fully saturated rings. The summed E-state index contributed by atoms with van der Waals surface area (Å²) in [5.74, 6) is 0.310. The summed E-state index contributed by atoms with van der Waals surface area (Å²) in [4.78, 5) is 41.7. The van der Waals surface area contributed by atoms with Crippen LogP contribution in [0.3, 0.4) is 0 Å². The standard InChI is InChI=1S/C29H24ClIN2O5S/c1-37-24-13-18(12-23(31)27(24)38-17-21-8-4-5-9-22(21)30)14-25-28(35)33(29(36)39-25)16-26(34)32-11-10-19-6-2-3-7-20(19)15-32/h2-9,12-14H,10-11,15-17H2,1H3/b25-14+. The average molecular weight is 675 g/mol. The van der Waals surface area contributed by atoms with E-state index in [0.29, 0.717) is 35.2 Å². The number of hydrogen-bond acceptors (Lipinski definition) is 6. The number of carbonyl (C=O) groups excluding carboxylic acids is 3. The maximum atomic E-state index is 13.1. The molecule has 0 radical (unpaired) electrons. The second-order valence-electron chi connectivity index (χ2n) is 9.02. The number of benzene rings is 3. The van der Waals surface area contributed by atoms with Gasteiger partial charge in [0, 0.05) is 23.7 Å². The SMILES string of the molecule is COc1cc(/C=C2/SC(=O)N(CC(=O)N3CCc4ccccc4C3)C2=O)cc(I)c1OCc1ccccc1Cl. The summed E-state index contributed by atoms with van der Waals surface area (Å²) in [6, 6.07) is 19.0. The summed E-state index contributed by atoms with van der Waals surface area (Å²) >= 11 is 9.21. The Hall–Kier alpha value is -3.02. The van der Waals surface area contributed by atoms with E-state index in [1.807, 2.05) is 42.5 Å². The molecular weight excluding hydrogens is 651 g/mol. The number of halogens is 2. The number of amides is 3. The van der Waals surface area contributed by atoms with Crippen LogP contribution >= 0.6 is 46.0 Å². The van der Waals surface area contributed by atoms with Gasteiger partial charge < -0.3 is 14.4 Å². The molecule has 3 aromatic carbocycles. The molecule has 3 amide bonds. The molecule has 0 saturated carbocycles. The summed E-state index contributed by atoms with van der Waals surface area (Å²) in [5, 5.41) is 0.153. The van der Waals surface area contributed by atoms with Crippen molar-refractivity contribution in [3.63, 3.8) is 0 Å². The molecule has 2 aliphatic rings. The molecule has 0 atom stereocenters. The van der Waals surface area contributed by atoms with Gasteiger partial charge in [-0.15, -0.1) is 0 Å². The Balaban J connectivity index is 1.28. The Labute approximate surface area is 249 Å². The number of imide groups is 1. The van der Waals surface area contributed by atoms with Crippen LogP contribution in [0.5, 0.6) is 11.5 Å². The van der Waals surface area contributed by atoms with Crippen molar-refractivity contribution in [2.75, 3.05) is 20.2 Å². The van der Waals surface area contributed by atoms with Gasteiger partial charge in [0.1, 0.15) is 13.2 Å². The smallest absolute Gasteiger partial charge is 0.294 e. The van der Waals surface area contributed by atoms with Crippen molar-refractivity contribution >= 4 is 69.1 Å². The Kier molecular flexibility index (Phi) is 8.49. The van der Waals surface area contributed by atoms with Gasteiger partial charge in [-0.05, 0) is 81.7 Å². The Morgan fingerprint density at radius 3 is 2.62 bits per heavy atom. The van der Waals surface area contributed by atoms with E-state index in [-0.39, 0.29) is 24.0 Å². The molecule has 0 N–H and O–H groups in total. The van der Waals surface area contributed by atoms with E-state index in [9.17, 15) is 14.4 Å². The zero-order valence-corrected chi connectivity index (χ0v) is 24.7. The van der Waals surface area contributed by atoms with E-state index in [1.54, 1.807) is 23.1 Å². The van der Waals surface area contributed by atoms with E-state index in [1.165, 1.54) is 12.7 Å². The van der Waals surface area contributed by atoms with Crippen LogP contribution in [0.15, 0.2) is 65.6 Å². The monoisotopic (exact) mass is 674 g/mol. The molecule has 39 heavy (non-hydrogen) atoms. The zero-order chi connectivity index (χ0) is 27.5. The van der Waals surface area contributed by atoms with Gasteiger partial charge in [-0.25, -0.2) is 0 Å². The van der Waals surface area contributed by atoms with Gasteiger partial charge in [-0.3, -0.25) is 19.3 Å². The zero-order valence-electron chi connectivity index (χ0n) is 21.0. The topological polar surface area (TPSA) is 76.2 Å². The molecule has 3 aromatic rings. The van der Waals surface area contributed by atoms with E-state index in [4.69, 9.17) is 21.1 Å². The summed E-state index contributed by atoms with van der Waals surface area (Å²) in [6.07, 6.45) is 2.39. The molecule has 0 bridgehead atoms. The molecule has 10 heteroatoms. The van der Waals surface area contributed by atoms with Gasteiger partial charge in [0.2, 0.25) is 5.91 Å². The lowest BCUT2D eigenvalue weighted by Crippen LogP contribution is -2.44. The minimum absolute atomic E-state index is 0.246. The van der Waals surface area contributed by atoms with Crippen molar-refractivity contribution in [2.45, 2.75) is 19.6 Å². The summed E-state index contributed by atoms with van der Waals surface area (Å²) in [5.41, 5.74) is 3.83. The molecule has 7 nitrogen and oxygen atoms in total. The van der Waals surface area contributed by atoms with E-state index < -0.39 is 11.1 Å². The minimum atomic E-state index is -0.483. The second-order valence-corrected chi connectivity index (χ2v) is 11.6. The highest BCUT2D eigenvalue weighted by molar-refractivity contribution is 14.1. The molecule has 200 valence electrons. The predicted octanol–water partition coefficient (Wildman–Crippen LogP) is 6.15. The Morgan fingerprint density at radius 2 is 1.85 bits per heavy atom. The summed E-state index contributed by atoms with van der Waals surface area (Å²) in [7, 11) is 1.54. The van der Waals surface area contributed by atoms with E-state index >= 15 is 0 Å². The third-order valence-electron chi connectivity index (χ3n) is 6.53. The van der Waals surface area contributed by atoms with E-state index in [0.717, 1.165) is 37.8 Å². The van der Waals surface area contributed by atoms with Gasteiger partial charge in [0.25, 0.3) is 11.1 Å². The highest BCUT2D eigenvalue weighted by Crippen LogP contribution is 2.38. The molecule has 0 aromatic heterocycles. The number of nitrogens with zero attached hydrogens (tertiary/aromatic N) is 2. The molecule has 1 saturated heterocycles. The van der Waals surface area contributed by atoms with Crippen LogP contribution in [0, 0.1) is 3.57 Å². The van der Waals surface area contributed by atoms with E-state index in [2.05, 4.69) is 28.7 Å². The lowest BCUT2D eigenvalue weighted by Gasteiger charge is -2.29. The quantitative estimate of drug-likeness (QED) is 0.221. The third kappa shape index (κ3) is 6.10. The predicted molar refractivity (Wildman–Crippen MR) is 160 cm³/mol. The average Bonchev–Trinajstić information content (AvgIpc) is 3.19. The van der Waals surface area contributed by atoms with Crippen molar-refractivity contribution in [1.82, 2.24) is 9.80 Å². The van der Waals surface area contributed by atoms with Crippen LogP contribution in [0.25, 0.3) is 6.08 Å². The maximum absolute atomic E-state index is 13.1. The number of hydrogen-bond donors (Lipinski definition) is 0. The molecule has 0 spiro atoms. The van der Waals surface area contributed by atoms with Crippen LogP contribution in [-0.2, 0) is 29.2 Å². The highest BCUT2D eigenvalue weighted by atomic mass is 127. The third-order valence-corrected chi connectivity index (χ3v) is 8.61. The normalized spacial score (nSPS) is 16.0. The summed E-state index contributed by atoms with van der Waals surface area (Å²) < 4.78 is 12.3. The van der Waals surface area contributed by atoms with Crippen LogP contribution < -0.4 is 9.47 Å². The highest BCUT2D eigenvalue weighted by Gasteiger charge is 2.37. The van der Waals surface area contributed by atoms with Gasteiger partial charge in [0.05, 0.1) is 15.6 Å². The first-order valence-electron chi connectivity index (χ1n) is 12.2. The van der Waals surface area contributed by atoms with Crippen LogP contribution in [0.2, 0.25) is 5.02 Å². The molecule has 2 aliphatic heterocycles. The van der Waals surface area contributed by atoms with Gasteiger partial charge in [0.15, 0.2) is 11.5 Å². The molecule has 5 rings (SSSR count). The number of rotatable bonds is 7. The fraction of sp³-hybridized carbons (Fsp3) is 0.207. The molecule has 0 aliphatic carbocycles. The van der Waals surface area contributed by atoms with Crippen molar-refractivity contribution < 1.29 is 23.9 Å². The van der Waals surface area contributed by atoms with Gasteiger partial charge >= 0.3 is 0 Å². The second kappa shape index (κ2) is 12.0. The van der Waals surface area contributed by atoms with Gasteiger partial charge in [-0.2, -0.15) is 0 Å². The number of carbonyl (C=O) groups is 3. The lowest BCUT2D eigenvalue weighted by molar-refractivity contribution is -0.136. The van der Waals surface area contributed by atoms with Crippen molar-refractivity contribution in [3.05, 3.63) is 96.4 Å². The first-order chi connectivity index (χ1) is 18.8. The summed E-state index contributed by atoms with van der Waals surface area (Å²) in [6.45, 7) is 1.02. The van der Waals surface area contributed by atoms with Crippen molar-refractivity contribution in [1.29, 1.82) is 0 Å². The minimum Gasteiger partial charge on any atom is -0.493 e. The fourth-order valence-electron chi connectivity index (χ4n) is 4.46. The van der Waals surface area contributed by atoms with Crippen molar-refractivity contribution in [2.24, 2.45) is 0 Å². The first-order valence-corrected chi connectivity index (χ1v) is 14.4. The van der Waals surface area contributed by atoms with Crippen molar-refractivity contribution in [3.8, 4) is 11.5 Å². The van der Waals surface area contributed by atoms with Crippen LogP contribution in [0.4, 0.5) is 4.79 Å². The number of ether oxygens (including phenoxy) is 2. The lowest BCUT2D eigenvalue weighted by atomic mass is 10.00. The van der Waals surface area contributed by atoms with Crippen LogP contribution in [-0.4, -0.2) is 47.1 Å². The number of methoxy groups -OCH3 is 1. The molecular formula is C29H24ClIN2O5S. The molecule has 2 heterocycles. The first kappa shape index (κ1) is 27.5. The van der Waals surface area contributed by atoms with Gasteiger partial charge in [-0.1, -0.05) is 54.1 Å². The number of thioether (sulfide) groups is 1.